The Morgan fingerprint density at radius 1 is 1.30 bits per heavy atom. The van der Waals surface area contributed by atoms with Crippen LogP contribution in [0, 0.1) is 11.6 Å². The number of nitrogens with zero attached hydrogens (tertiary/aromatic N) is 4. The molecule has 0 spiro atoms. The molecule has 0 aliphatic heterocycles. The number of benzene rings is 1. The summed E-state index contributed by atoms with van der Waals surface area (Å²) in [5.41, 5.74) is 1.30. The minimum atomic E-state index is -0.473. The Balaban J connectivity index is 0.00000364. The normalized spacial score (nSPS) is 12.6. The number of likely N-dealkylation sites (N-methyl/N-ethyl adjacent to an activating group) is 1. The number of aliphatic imine (C=N–C) groups is 1. The van der Waals surface area contributed by atoms with Crippen molar-refractivity contribution in [3.63, 3.8) is 0 Å². The lowest BCUT2D eigenvalue weighted by molar-refractivity contribution is 0.298. The Morgan fingerprint density at radius 3 is 2.63 bits per heavy atom. The van der Waals surface area contributed by atoms with Crippen LogP contribution in [0.1, 0.15) is 24.1 Å². The van der Waals surface area contributed by atoms with Gasteiger partial charge in [-0.05, 0) is 39.2 Å². The van der Waals surface area contributed by atoms with Crippen LogP contribution in [-0.4, -0.2) is 47.8 Å². The molecule has 6 nitrogen and oxygen atoms in total. The van der Waals surface area contributed by atoms with E-state index in [9.17, 15) is 8.78 Å². The Labute approximate surface area is 176 Å². The second-order valence-corrected chi connectivity index (χ2v) is 6.24. The van der Waals surface area contributed by atoms with Gasteiger partial charge in [0.2, 0.25) is 0 Å². The third-order valence-corrected chi connectivity index (χ3v) is 3.96. The minimum absolute atomic E-state index is 0. The Hall–Kier alpha value is -1.75. The topological polar surface area (TPSA) is 57.5 Å². The fourth-order valence-corrected chi connectivity index (χ4v) is 2.57. The first-order chi connectivity index (χ1) is 12.4. The van der Waals surface area contributed by atoms with Crippen molar-refractivity contribution in [2.75, 3.05) is 27.2 Å². The first-order valence-corrected chi connectivity index (χ1v) is 8.51. The van der Waals surface area contributed by atoms with Crippen molar-refractivity contribution >= 4 is 29.9 Å². The van der Waals surface area contributed by atoms with Crippen molar-refractivity contribution in [1.29, 1.82) is 0 Å². The number of hydrogen-bond acceptors (Lipinski definition) is 3. The number of aryl methyl sites for hydroxylation is 1. The molecule has 2 rings (SSSR count). The average molecular weight is 492 g/mol. The monoisotopic (exact) mass is 492 g/mol. The molecule has 1 aromatic carbocycles. The molecule has 0 radical (unpaired) electrons. The molecule has 0 fully saturated rings. The van der Waals surface area contributed by atoms with E-state index in [1.54, 1.807) is 4.68 Å². The first-order valence-electron chi connectivity index (χ1n) is 8.51. The van der Waals surface area contributed by atoms with Gasteiger partial charge in [0.25, 0.3) is 0 Å². The van der Waals surface area contributed by atoms with Crippen LogP contribution in [-0.2, 0) is 13.6 Å². The lowest BCUT2D eigenvalue weighted by Gasteiger charge is -2.24. The number of halogens is 3. The molecule has 2 N–H and O–H groups in total. The second kappa shape index (κ2) is 11.2. The maximum atomic E-state index is 13.8. The summed E-state index contributed by atoms with van der Waals surface area (Å²) in [5.74, 6) is -0.391. The zero-order chi connectivity index (χ0) is 19.1. The molecule has 0 aliphatic carbocycles. The lowest BCUT2D eigenvalue weighted by atomic mass is 10.1. The van der Waals surface area contributed by atoms with Crippen LogP contribution in [0.4, 0.5) is 8.78 Å². The maximum absolute atomic E-state index is 13.8. The van der Waals surface area contributed by atoms with E-state index in [2.05, 4.69) is 25.6 Å². The zero-order valence-electron chi connectivity index (χ0n) is 16.0. The van der Waals surface area contributed by atoms with Crippen LogP contribution < -0.4 is 10.6 Å². The van der Waals surface area contributed by atoms with Gasteiger partial charge in [0.1, 0.15) is 11.6 Å². The molecule has 1 atom stereocenters. The highest BCUT2D eigenvalue weighted by molar-refractivity contribution is 14.0. The summed E-state index contributed by atoms with van der Waals surface area (Å²) >= 11 is 0. The van der Waals surface area contributed by atoms with E-state index >= 15 is 0 Å². The van der Waals surface area contributed by atoms with E-state index < -0.39 is 11.6 Å². The quantitative estimate of drug-likeness (QED) is 0.355. The van der Waals surface area contributed by atoms with Gasteiger partial charge in [-0.25, -0.2) is 13.8 Å². The third kappa shape index (κ3) is 7.06. The molecule has 0 bridgehead atoms. The molecule has 150 valence electrons. The summed E-state index contributed by atoms with van der Waals surface area (Å²) in [6.07, 6.45) is 3.80. The van der Waals surface area contributed by atoms with Crippen LogP contribution in [0.15, 0.2) is 35.6 Å². The van der Waals surface area contributed by atoms with Gasteiger partial charge in [0.15, 0.2) is 5.96 Å². The van der Waals surface area contributed by atoms with Gasteiger partial charge in [-0.3, -0.25) is 4.68 Å². The summed E-state index contributed by atoms with van der Waals surface area (Å²) in [4.78, 5) is 6.45. The van der Waals surface area contributed by atoms with Crippen LogP contribution in [0.2, 0.25) is 0 Å². The summed E-state index contributed by atoms with van der Waals surface area (Å²) < 4.78 is 28.8. The van der Waals surface area contributed by atoms with Crippen LogP contribution in [0.25, 0.3) is 0 Å². The van der Waals surface area contributed by atoms with E-state index in [1.807, 2.05) is 40.5 Å². The molecular formula is C18H27F2IN6. The Morgan fingerprint density at radius 2 is 2.04 bits per heavy atom. The third-order valence-electron chi connectivity index (χ3n) is 3.96. The molecule has 0 saturated heterocycles. The largest absolute Gasteiger partial charge is 0.357 e. The Bertz CT molecular complexity index is 747. The molecular weight excluding hydrogens is 465 g/mol. The standard InChI is InChI=1S/C18H26F2N6.HI/c1-5-21-18(22-9-13-8-15(19)6-7-16(13)20)23-11-17(25(2)3)14-10-24-26(4)12-14;/h6-8,10,12,17H,5,9,11H2,1-4H3,(H2,21,22,23);1H. The van der Waals surface area contributed by atoms with Gasteiger partial charge in [-0.2, -0.15) is 5.10 Å². The highest BCUT2D eigenvalue weighted by Gasteiger charge is 2.16. The smallest absolute Gasteiger partial charge is 0.191 e. The average Bonchev–Trinajstić information content (AvgIpc) is 3.01. The Kier molecular flexibility index (Phi) is 9.64. The van der Waals surface area contributed by atoms with Crippen molar-refractivity contribution < 1.29 is 8.78 Å². The molecule has 9 heteroatoms. The summed E-state index contributed by atoms with van der Waals surface area (Å²) in [5, 5.41) is 10.6. The van der Waals surface area contributed by atoms with Crippen molar-refractivity contribution in [2.45, 2.75) is 19.5 Å². The second-order valence-electron chi connectivity index (χ2n) is 6.24. The predicted octanol–water partition coefficient (Wildman–Crippen LogP) is 2.67. The van der Waals surface area contributed by atoms with Gasteiger partial charge in [0.05, 0.1) is 18.8 Å². The number of aromatic nitrogens is 2. The number of hydrogen-bond donors (Lipinski definition) is 2. The number of nitrogens with one attached hydrogen (secondary N) is 2. The van der Waals surface area contributed by atoms with E-state index in [0.717, 1.165) is 17.7 Å². The van der Waals surface area contributed by atoms with Crippen molar-refractivity contribution in [2.24, 2.45) is 12.0 Å². The summed E-state index contributed by atoms with van der Waals surface area (Å²) in [6.45, 7) is 3.26. The molecule has 2 aromatic rings. The molecule has 0 amide bonds. The van der Waals surface area contributed by atoms with E-state index in [1.165, 1.54) is 6.07 Å². The molecule has 1 heterocycles. The molecule has 27 heavy (non-hydrogen) atoms. The van der Waals surface area contributed by atoms with Gasteiger partial charge in [-0.1, -0.05) is 0 Å². The fourth-order valence-electron chi connectivity index (χ4n) is 2.57. The van der Waals surface area contributed by atoms with Crippen molar-refractivity contribution in [3.05, 3.63) is 53.4 Å². The first kappa shape index (κ1) is 23.3. The van der Waals surface area contributed by atoms with Crippen molar-refractivity contribution in [1.82, 2.24) is 25.3 Å². The van der Waals surface area contributed by atoms with Gasteiger partial charge < -0.3 is 15.5 Å². The van der Waals surface area contributed by atoms with Crippen LogP contribution in [0.3, 0.4) is 0 Å². The predicted molar refractivity (Wildman–Crippen MR) is 114 cm³/mol. The molecule has 0 aliphatic rings. The van der Waals surface area contributed by atoms with Crippen LogP contribution >= 0.6 is 24.0 Å². The number of guanidine groups is 1. The maximum Gasteiger partial charge on any atom is 0.191 e. The zero-order valence-corrected chi connectivity index (χ0v) is 18.4. The lowest BCUT2D eigenvalue weighted by Crippen LogP contribution is -2.41. The van der Waals surface area contributed by atoms with Gasteiger partial charge in [0, 0.05) is 37.5 Å². The van der Waals surface area contributed by atoms with E-state index in [0.29, 0.717) is 19.0 Å². The molecule has 0 saturated carbocycles. The summed E-state index contributed by atoms with van der Waals surface area (Å²) in [6, 6.07) is 3.48. The highest BCUT2D eigenvalue weighted by atomic mass is 127. The summed E-state index contributed by atoms with van der Waals surface area (Å²) in [7, 11) is 5.86. The molecule has 1 aromatic heterocycles. The van der Waals surface area contributed by atoms with Gasteiger partial charge >= 0.3 is 0 Å². The number of rotatable bonds is 7. The van der Waals surface area contributed by atoms with Crippen LogP contribution in [0.5, 0.6) is 0 Å². The fraction of sp³-hybridized carbons (Fsp3) is 0.444. The SMILES string of the molecule is CCNC(=NCc1cc(F)ccc1F)NCC(c1cnn(C)c1)N(C)C.I. The minimum Gasteiger partial charge on any atom is -0.357 e. The van der Waals surface area contributed by atoms with E-state index in [-0.39, 0.29) is 42.1 Å². The highest BCUT2D eigenvalue weighted by Crippen LogP contribution is 2.16. The molecule has 1 unspecified atom stereocenters. The van der Waals surface area contributed by atoms with Crippen molar-refractivity contribution in [3.8, 4) is 0 Å². The van der Waals surface area contributed by atoms with Gasteiger partial charge in [-0.15, -0.1) is 24.0 Å². The van der Waals surface area contributed by atoms with E-state index in [4.69, 9.17) is 0 Å².